The van der Waals surface area contributed by atoms with Gasteiger partial charge >= 0.3 is 0 Å². The third-order valence-corrected chi connectivity index (χ3v) is 5.89. The molecule has 1 atom stereocenters. The van der Waals surface area contributed by atoms with Gasteiger partial charge in [-0.15, -0.1) is 5.10 Å². The fourth-order valence-corrected chi connectivity index (χ4v) is 4.32. The Morgan fingerprint density at radius 1 is 0.931 bits per heavy atom. The first-order valence-corrected chi connectivity index (χ1v) is 10.4. The van der Waals surface area contributed by atoms with Crippen LogP contribution >= 0.6 is 11.8 Å². The van der Waals surface area contributed by atoms with Crippen molar-refractivity contribution >= 4 is 34.7 Å². The summed E-state index contributed by atoms with van der Waals surface area (Å²) in [7, 11) is 0. The maximum absolute atomic E-state index is 13.2. The van der Waals surface area contributed by atoms with E-state index in [1.165, 1.54) is 22.9 Å². The quantitative estimate of drug-likeness (QED) is 0.444. The number of carbonyl (C=O) groups is 1. The number of para-hydroxylation sites is 1. The Morgan fingerprint density at radius 2 is 1.59 bits per heavy atom. The van der Waals surface area contributed by atoms with E-state index in [1.807, 2.05) is 72.8 Å². The zero-order valence-electron chi connectivity index (χ0n) is 16.1. The summed E-state index contributed by atoms with van der Waals surface area (Å²) in [5, 5.41) is 9.02. The molecule has 0 spiro atoms. The minimum Gasteiger partial charge on any atom is -0.273 e. The first kappa shape index (κ1) is 19.2. The van der Waals surface area contributed by atoms with Gasteiger partial charge in [-0.25, -0.2) is 0 Å². The molecule has 1 fully saturated rings. The Kier molecular flexibility index (Phi) is 5.86. The van der Waals surface area contributed by atoms with Gasteiger partial charge in [0.1, 0.15) is 0 Å². The molecule has 0 aliphatic carbocycles. The minimum atomic E-state index is -0.220. The SMILES string of the molecule is Cc1ccccc1C[C@H]1S/C(=N\N=C/c2ccccc2)N(c2ccccc2)C1=O. The average Bonchev–Trinajstić information content (AvgIpc) is 3.06. The van der Waals surface area contributed by atoms with Crippen LogP contribution in [-0.4, -0.2) is 22.5 Å². The summed E-state index contributed by atoms with van der Waals surface area (Å²) in [5.74, 6) is 0.0399. The van der Waals surface area contributed by atoms with Crippen LogP contribution in [0.15, 0.2) is 95.1 Å². The van der Waals surface area contributed by atoms with Crippen LogP contribution in [0.3, 0.4) is 0 Å². The second-order valence-corrected chi connectivity index (χ2v) is 7.95. The van der Waals surface area contributed by atoms with Gasteiger partial charge in [0.2, 0.25) is 5.91 Å². The standard InChI is InChI=1S/C24H21N3OS/c1-18-10-8-9-13-20(18)16-22-23(28)27(21-14-6-3-7-15-21)24(29-22)26-25-17-19-11-4-2-5-12-19/h2-15,17,22H,16H2,1H3/b25-17-,26-24-/t22-/m1/s1. The van der Waals surface area contributed by atoms with Gasteiger partial charge in [0.05, 0.1) is 17.2 Å². The van der Waals surface area contributed by atoms with Gasteiger partial charge in [0.15, 0.2) is 5.17 Å². The van der Waals surface area contributed by atoms with E-state index in [4.69, 9.17) is 0 Å². The fourth-order valence-electron chi connectivity index (χ4n) is 3.20. The normalized spacial score (nSPS) is 18.1. The molecule has 144 valence electrons. The van der Waals surface area contributed by atoms with Crippen LogP contribution in [0.5, 0.6) is 0 Å². The van der Waals surface area contributed by atoms with Gasteiger partial charge in [-0.2, -0.15) is 5.10 Å². The highest BCUT2D eigenvalue weighted by Gasteiger charge is 2.39. The number of hydrogen-bond donors (Lipinski definition) is 0. The first-order valence-electron chi connectivity index (χ1n) is 9.48. The molecule has 4 rings (SSSR count). The van der Waals surface area contributed by atoms with E-state index in [2.05, 4.69) is 29.3 Å². The number of aryl methyl sites for hydroxylation is 1. The van der Waals surface area contributed by atoms with Gasteiger partial charge in [-0.3, -0.25) is 9.69 Å². The van der Waals surface area contributed by atoms with Crippen molar-refractivity contribution in [3.05, 3.63) is 102 Å². The Balaban J connectivity index is 1.62. The molecule has 5 heteroatoms. The molecule has 1 aliphatic rings. The van der Waals surface area contributed by atoms with Crippen LogP contribution in [0.2, 0.25) is 0 Å². The molecule has 0 bridgehead atoms. The Bertz CT molecular complexity index is 1050. The molecule has 0 aromatic heterocycles. The molecule has 4 nitrogen and oxygen atoms in total. The highest BCUT2D eigenvalue weighted by atomic mass is 32.2. The molecule has 29 heavy (non-hydrogen) atoms. The van der Waals surface area contributed by atoms with Crippen molar-refractivity contribution < 1.29 is 4.79 Å². The van der Waals surface area contributed by atoms with Crippen LogP contribution in [0.25, 0.3) is 0 Å². The van der Waals surface area contributed by atoms with Crippen molar-refractivity contribution in [3.63, 3.8) is 0 Å². The van der Waals surface area contributed by atoms with Crippen molar-refractivity contribution in [2.75, 3.05) is 4.90 Å². The molecule has 0 N–H and O–H groups in total. The van der Waals surface area contributed by atoms with Crippen LogP contribution in [0, 0.1) is 6.92 Å². The summed E-state index contributed by atoms with van der Waals surface area (Å²) in [6, 6.07) is 27.6. The number of amidine groups is 1. The first-order chi connectivity index (χ1) is 14.2. The van der Waals surface area contributed by atoms with Crippen LogP contribution in [0.1, 0.15) is 16.7 Å². The smallest absolute Gasteiger partial charge is 0.247 e. The maximum Gasteiger partial charge on any atom is 0.247 e. The summed E-state index contributed by atoms with van der Waals surface area (Å²) in [5.41, 5.74) is 4.15. The van der Waals surface area contributed by atoms with E-state index in [-0.39, 0.29) is 11.2 Å². The van der Waals surface area contributed by atoms with Gasteiger partial charge in [-0.05, 0) is 42.2 Å². The molecule has 3 aromatic rings. The topological polar surface area (TPSA) is 45.0 Å². The molecule has 3 aromatic carbocycles. The number of hydrogen-bond acceptors (Lipinski definition) is 4. The fraction of sp³-hybridized carbons (Fsp3) is 0.125. The lowest BCUT2D eigenvalue weighted by Gasteiger charge is -2.15. The van der Waals surface area contributed by atoms with E-state index in [9.17, 15) is 4.79 Å². The molecular formula is C24H21N3OS. The predicted molar refractivity (Wildman–Crippen MR) is 122 cm³/mol. The van der Waals surface area contributed by atoms with Crippen molar-refractivity contribution in [1.82, 2.24) is 0 Å². The van der Waals surface area contributed by atoms with Crippen LogP contribution in [-0.2, 0) is 11.2 Å². The zero-order valence-corrected chi connectivity index (χ0v) is 16.9. The van der Waals surface area contributed by atoms with Gasteiger partial charge < -0.3 is 0 Å². The van der Waals surface area contributed by atoms with E-state index < -0.39 is 0 Å². The van der Waals surface area contributed by atoms with Gasteiger partial charge in [-0.1, -0.05) is 84.6 Å². The Hall–Kier alpha value is -3.18. The molecule has 1 saturated heterocycles. The van der Waals surface area contributed by atoms with Gasteiger partial charge in [0, 0.05) is 0 Å². The number of amides is 1. The lowest BCUT2D eigenvalue weighted by atomic mass is 10.0. The molecule has 1 amide bonds. The molecule has 1 aliphatic heterocycles. The Morgan fingerprint density at radius 3 is 2.31 bits per heavy atom. The minimum absolute atomic E-state index is 0.0399. The van der Waals surface area contributed by atoms with Crippen LogP contribution < -0.4 is 4.90 Å². The van der Waals surface area contributed by atoms with Crippen LogP contribution in [0.4, 0.5) is 5.69 Å². The number of nitrogens with zero attached hydrogens (tertiary/aromatic N) is 3. The number of anilines is 1. The van der Waals surface area contributed by atoms with E-state index >= 15 is 0 Å². The summed E-state index contributed by atoms with van der Waals surface area (Å²) >= 11 is 1.47. The maximum atomic E-state index is 13.2. The second kappa shape index (κ2) is 8.88. The molecule has 0 radical (unpaired) electrons. The highest BCUT2D eigenvalue weighted by Crippen LogP contribution is 2.34. The van der Waals surface area contributed by atoms with Crippen molar-refractivity contribution in [2.24, 2.45) is 10.2 Å². The molecular weight excluding hydrogens is 378 g/mol. The molecule has 0 unspecified atom stereocenters. The number of carbonyl (C=O) groups excluding carboxylic acids is 1. The summed E-state index contributed by atoms with van der Waals surface area (Å²) in [4.78, 5) is 14.9. The predicted octanol–water partition coefficient (Wildman–Crippen LogP) is 5.08. The van der Waals surface area contributed by atoms with E-state index in [0.29, 0.717) is 11.6 Å². The summed E-state index contributed by atoms with van der Waals surface area (Å²) in [6.07, 6.45) is 2.37. The lowest BCUT2D eigenvalue weighted by Crippen LogP contribution is -2.32. The Labute approximate surface area is 175 Å². The molecule has 0 saturated carbocycles. The average molecular weight is 400 g/mol. The zero-order chi connectivity index (χ0) is 20.1. The number of benzene rings is 3. The molecule has 1 heterocycles. The second-order valence-electron chi connectivity index (χ2n) is 6.78. The third kappa shape index (κ3) is 4.46. The van der Waals surface area contributed by atoms with Crippen molar-refractivity contribution in [2.45, 2.75) is 18.6 Å². The summed E-state index contributed by atoms with van der Waals surface area (Å²) in [6.45, 7) is 2.08. The highest BCUT2D eigenvalue weighted by molar-refractivity contribution is 8.16. The summed E-state index contributed by atoms with van der Waals surface area (Å²) < 4.78 is 0. The van der Waals surface area contributed by atoms with E-state index in [1.54, 1.807) is 11.1 Å². The third-order valence-electron chi connectivity index (χ3n) is 4.77. The monoisotopic (exact) mass is 399 g/mol. The largest absolute Gasteiger partial charge is 0.273 e. The number of rotatable bonds is 5. The van der Waals surface area contributed by atoms with Crippen molar-refractivity contribution in [1.29, 1.82) is 0 Å². The van der Waals surface area contributed by atoms with E-state index in [0.717, 1.165) is 11.3 Å². The number of thioether (sulfide) groups is 1. The lowest BCUT2D eigenvalue weighted by molar-refractivity contribution is -0.116. The van der Waals surface area contributed by atoms with Crippen molar-refractivity contribution in [3.8, 4) is 0 Å². The van der Waals surface area contributed by atoms with Gasteiger partial charge in [0.25, 0.3) is 0 Å².